The van der Waals surface area contributed by atoms with Crippen molar-refractivity contribution in [1.29, 1.82) is 0 Å². The highest BCUT2D eigenvalue weighted by Crippen LogP contribution is 2.18. The molecule has 0 aliphatic carbocycles. The molecule has 7 heteroatoms. The third kappa shape index (κ3) is 5.14. The van der Waals surface area contributed by atoms with E-state index in [0.29, 0.717) is 6.42 Å². The molecule has 0 spiro atoms. The van der Waals surface area contributed by atoms with E-state index < -0.39 is 15.3 Å². The topological polar surface area (TPSA) is 54.5 Å². The highest BCUT2D eigenvalue weighted by Gasteiger charge is 2.25. The van der Waals surface area contributed by atoms with E-state index in [1.165, 1.54) is 12.1 Å². The number of carbonyl (C=O) groups excluding carboxylic acids is 1. The summed E-state index contributed by atoms with van der Waals surface area (Å²) >= 11 is 8.83. The van der Waals surface area contributed by atoms with Gasteiger partial charge in [-0.1, -0.05) is 45.8 Å². The highest BCUT2D eigenvalue weighted by molar-refractivity contribution is 9.10. The number of hydrogen-bond donors (Lipinski definition) is 0. The third-order valence-electron chi connectivity index (χ3n) is 3.50. The Balaban J connectivity index is 2.23. The Kier molecular flexibility index (Phi) is 6.57. The molecule has 0 amide bonds. The summed E-state index contributed by atoms with van der Waals surface area (Å²) in [5.41, 5.74) is 1.93. The van der Waals surface area contributed by atoms with Crippen molar-refractivity contribution in [2.45, 2.75) is 18.2 Å². The van der Waals surface area contributed by atoms with Crippen LogP contribution in [-0.2, 0) is 21.2 Å². The molecule has 0 fully saturated rings. The summed E-state index contributed by atoms with van der Waals surface area (Å²) in [6.07, 6.45) is 0.481. The standard InChI is InChI=1S/C17H17BrClNO3S/c1-13-5-7-16(8-6-13)24(22,23)20(12-17(19)21)10-9-14-3-2-4-15(18)11-14/h2-8,11H,9-10,12H2,1H3. The molecular formula is C17H17BrClNO3S. The summed E-state index contributed by atoms with van der Waals surface area (Å²) in [6.45, 7) is 1.70. The van der Waals surface area contributed by atoms with Crippen LogP contribution in [0.1, 0.15) is 11.1 Å². The second kappa shape index (κ2) is 8.25. The average Bonchev–Trinajstić information content (AvgIpc) is 2.51. The van der Waals surface area contributed by atoms with Crippen molar-refractivity contribution in [2.75, 3.05) is 13.1 Å². The van der Waals surface area contributed by atoms with Gasteiger partial charge in [-0.05, 0) is 54.8 Å². The first-order valence-electron chi connectivity index (χ1n) is 7.28. The Labute approximate surface area is 155 Å². The van der Waals surface area contributed by atoms with Crippen LogP contribution in [0.25, 0.3) is 0 Å². The van der Waals surface area contributed by atoms with Gasteiger partial charge >= 0.3 is 0 Å². The van der Waals surface area contributed by atoms with E-state index >= 15 is 0 Å². The van der Waals surface area contributed by atoms with Gasteiger partial charge < -0.3 is 0 Å². The lowest BCUT2D eigenvalue weighted by atomic mass is 10.1. The summed E-state index contributed by atoms with van der Waals surface area (Å²) in [7, 11) is -3.78. The number of aryl methyl sites for hydroxylation is 1. The van der Waals surface area contributed by atoms with Gasteiger partial charge in [-0.3, -0.25) is 4.79 Å². The molecule has 0 heterocycles. The average molecular weight is 431 g/mol. The second-order valence-electron chi connectivity index (χ2n) is 5.39. The predicted octanol–water partition coefficient (Wildman–Crippen LogP) is 3.76. The molecule has 24 heavy (non-hydrogen) atoms. The summed E-state index contributed by atoms with van der Waals surface area (Å²) < 4.78 is 27.6. The molecule has 0 unspecified atom stereocenters. The lowest BCUT2D eigenvalue weighted by Crippen LogP contribution is -2.36. The number of nitrogens with zero attached hydrogens (tertiary/aromatic N) is 1. The molecule has 0 atom stereocenters. The Hall–Kier alpha value is -1.21. The van der Waals surface area contributed by atoms with Gasteiger partial charge in [0.25, 0.3) is 0 Å². The van der Waals surface area contributed by atoms with Gasteiger partial charge in [0, 0.05) is 11.0 Å². The smallest absolute Gasteiger partial charge is 0.243 e. The number of sulfonamides is 1. The van der Waals surface area contributed by atoms with Gasteiger partial charge in [0.15, 0.2) is 0 Å². The Morgan fingerprint density at radius 1 is 1.17 bits per heavy atom. The van der Waals surface area contributed by atoms with E-state index in [-0.39, 0.29) is 18.0 Å². The minimum Gasteiger partial charge on any atom is -0.280 e. The first-order valence-corrected chi connectivity index (χ1v) is 9.90. The first kappa shape index (κ1) is 19.1. The molecule has 0 N–H and O–H groups in total. The maximum Gasteiger partial charge on any atom is 0.243 e. The fourth-order valence-electron chi connectivity index (χ4n) is 2.23. The van der Waals surface area contributed by atoms with E-state index in [1.807, 2.05) is 31.2 Å². The van der Waals surface area contributed by atoms with Crippen molar-refractivity contribution in [3.05, 3.63) is 64.1 Å². The van der Waals surface area contributed by atoms with E-state index in [1.54, 1.807) is 12.1 Å². The van der Waals surface area contributed by atoms with Crippen LogP contribution in [0.4, 0.5) is 0 Å². The van der Waals surface area contributed by atoms with Crippen LogP contribution in [0.5, 0.6) is 0 Å². The predicted molar refractivity (Wildman–Crippen MR) is 98.6 cm³/mol. The number of benzene rings is 2. The number of hydrogen-bond acceptors (Lipinski definition) is 3. The quantitative estimate of drug-likeness (QED) is 0.629. The molecule has 4 nitrogen and oxygen atoms in total. The molecule has 0 saturated heterocycles. The van der Waals surface area contributed by atoms with Crippen molar-refractivity contribution in [3.63, 3.8) is 0 Å². The molecule has 2 aromatic carbocycles. The molecule has 0 aromatic heterocycles. The van der Waals surface area contributed by atoms with E-state index in [2.05, 4.69) is 15.9 Å². The number of rotatable bonds is 7. The van der Waals surface area contributed by atoms with Gasteiger partial charge in [-0.15, -0.1) is 0 Å². The third-order valence-corrected chi connectivity index (χ3v) is 5.97. The van der Waals surface area contributed by atoms with Crippen LogP contribution in [0.2, 0.25) is 0 Å². The van der Waals surface area contributed by atoms with Crippen molar-refractivity contribution in [2.24, 2.45) is 0 Å². The van der Waals surface area contributed by atoms with Crippen LogP contribution in [-0.4, -0.2) is 31.1 Å². The van der Waals surface area contributed by atoms with Crippen molar-refractivity contribution >= 4 is 42.8 Å². The SMILES string of the molecule is Cc1ccc(S(=O)(=O)N(CCc2cccc(Br)c2)CC(=O)Cl)cc1. The van der Waals surface area contributed by atoms with Crippen molar-refractivity contribution < 1.29 is 13.2 Å². The Morgan fingerprint density at radius 2 is 1.83 bits per heavy atom. The van der Waals surface area contributed by atoms with Gasteiger partial charge in [0.1, 0.15) is 0 Å². The maximum absolute atomic E-state index is 12.8. The molecule has 0 saturated carbocycles. The first-order chi connectivity index (χ1) is 11.3. The van der Waals surface area contributed by atoms with Gasteiger partial charge in [-0.25, -0.2) is 8.42 Å². The lowest BCUT2D eigenvalue weighted by molar-refractivity contribution is -0.111. The van der Waals surface area contributed by atoms with Crippen LogP contribution in [0.3, 0.4) is 0 Å². The number of halogens is 2. The van der Waals surface area contributed by atoms with Crippen LogP contribution >= 0.6 is 27.5 Å². The fraction of sp³-hybridized carbons (Fsp3) is 0.235. The lowest BCUT2D eigenvalue weighted by Gasteiger charge is -2.20. The van der Waals surface area contributed by atoms with Crippen molar-refractivity contribution in [1.82, 2.24) is 4.31 Å². The van der Waals surface area contributed by atoms with Crippen LogP contribution < -0.4 is 0 Å². The Morgan fingerprint density at radius 3 is 2.42 bits per heavy atom. The normalized spacial score (nSPS) is 11.7. The van der Waals surface area contributed by atoms with E-state index in [9.17, 15) is 13.2 Å². The van der Waals surface area contributed by atoms with Crippen LogP contribution in [0, 0.1) is 6.92 Å². The molecule has 0 bridgehead atoms. The molecule has 128 valence electrons. The largest absolute Gasteiger partial charge is 0.280 e. The summed E-state index contributed by atoms with van der Waals surface area (Å²) in [5.74, 6) is 0. The van der Waals surface area contributed by atoms with Gasteiger partial charge in [0.2, 0.25) is 15.3 Å². The highest BCUT2D eigenvalue weighted by atomic mass is 79.9. The number of carbonyl (C=O) groups is 1. The molecule has 2 aromatic rings. The maximum atomic E-state index is 12.8. The molecule has 0 radical (unpaired) electrons. The summed E-state index contributed by atoms with van der Waals surface area (Å²) in [6, 6.07) is 14.1. The molecule has 2 rings (SSSR count). The summed E-state index contributed by atoms with van der Waals surface area (Å²) in [5, 5.41) is -0.708. The van der Waals surface area contributed by atoms with Gasteiger partial charge in [0.05, 0.1) is 11.4 Å². The van der Waals surface area contributed by atoms with Crippen molar-refractivity contribution in [3.8, 4) is 0 Å². The fourth-order valence-corrected chi connectivity index (χ4v) is 4.29. The van der Waals surface area contributed by atoms with Gasteiger partial charge in [-0.2, -0.15) is 4.31 Å². The second-order valence-corrected chi connectivity index (χ2v) is 8.66. The zero-order chi connectivity index (χ0) is 17.7. The molecule has 0 aliphatic heterocycles. The summed E-state index contributed by atoms with van der Waals surface area (Å²) in [4.78, 5) is 11.5. The zero-order valence-electron chi connectivity index (χ0n) is 13.1. The Bertz CT molecular complexity index is 822. The minimum absolute atomic E-state index is 0.153. The minimum atomic E-state index is -3.78. The van der Waals surface area contributed by atoms with Crippen LogP contribution in [0.15, 0.2) is 57.9 Å². The molecular weight excluding hydrogens is 414 g/mol. The monoisotopic (exact) mass is 429 g/mol. The van der Waals surface area contributed by atoms with E-state index in [0.717, 1.165) is 19.9 Å². The molecule has 0 aliphatic rings. The zero-order valence-corrected chi connectivity index (χ0v) is 16.2. The van der Waals surface area contributed by atoms with E-state index in [4.69, 9.17) is 11.6 Å².